The van der Waals surface area contributed by atoms with E-state index in [9.17, 15) is 4.79 Å². The minimum atomic E-state index is -0.236. The van der Waals surface area contributed by atoms with Crippen molar-refractivity contribution in [2.24, 2.45) is 0 Å². The molecule has 0 spiro atoms. The van der Waals surface area contributed by atoms with Crippen LogP contribution in [0.4, 0.5) is 0 Å². The fourth-order valence-electron chi connectivity index (χ4n) is 2.11. The zero-order valence-corrected chi connectivity index (χ0v) is 12.6. The van der Waals surface area contributed by atoms with E-state index in [4.69, 9.17) is 5.11 Å². The first kappa shape index (κ1) is 14.5. The van der Waals surface area contributed by atoms with Crippen molar-refractivity contribution in [3.8, 4) is 16.3 Å². The third-order valence-electron chi connectivity index (χ3n) is 3.13. The normalized spacial score (nSPS) is 10.6. The zero-order valence-electron chi connectivity index (χ0n) is 11.8. The van der Waals surface area contributed by atoms with Crippen LogP contribution in [0.5, 0.6) is 0 Å². The van der Waals surface area contributed by atoms with Crippen LogP contribution in [0.1, 0.15) is 10.4 Å². The fourth-order valence-corrected chi connectivity index (χ4v) is 2.84. The highest BCUT2D eigenvalue weighted by Gasteiger charge is 2.18. The summed E-state index contributed by atoms with van der Waals surface area (Å²) in [7, 11) is 0. The van der Waals surface area contributed by atoms with Crippen molar-refractivity contribution in [3.05, 3.63) is 59.6 Å². The molecule has 0 bridgehead atoms. The number of rotatable bonds is 5. The number of aromatic nitrogens is 2. The van der Waals surface area contributed by atoms with Crippen LogP contribution < -0.4 is 5.32 Å². The molecule has 0 aliphatic heterocycles. The zero-order chi connectivity index (χ0) is 15.4. The molecular weight excluding hydrogens is 298 g/mol. The van der Waals surface area contributed by atoms with Crippen molar-refractivity contribution >= 4 is 17.2 Å². The third-order valence-corrected chi connectivity index (χ3v) is 4.01. The molecule has 0 atom stereocenters. The van der Waals surface area contributed by atoms with E-state index in [2.05, 4.69) is 10.4 Å². The van der Waals surface area contributed by atoms with E-state index >= 15 is 0 Å². The molecule has 3 aromatic rings. The number of thiophene rings is 1. The Hall–Kier alpha value is -2.44. The van der Waals surface area contributed by atoms with Crippen LogP contribution in [0.15, 0.2) is 54.0 Å². The molecule has 0 aliphatic rings. The molecule has 2 heterocycles. The quantitative estimate of drug-likeness (QED) is 0.759. The molecule has 2 aromatic heterocycles. The molecule has 1 aromatic carbocycles. The van der Waals surface area contributed by atoms with Crippen molar-refractivity contribution in [3.63, 3.8) is 0 Å². The number of para-hydroxylation sites is 1. The molecule has 0 aliphatic carbocycles. The molecule has 0 saturated carbocycles. The minimum absolute atomic E-state index is 0.0904. The van der Waals surface area contributed by atoms with Crippen LogP contribution in [0.25, 0.3) is 16.3 Å². The first-order valence-corrected chi connectivity index (χ1v) is 7.75. The number of hydrogen-bond donors (Lipinski definition) is 2. The Morgan fingerprint density at radius 2 is 2.05 bits per heavy atom. The lowest BCUT2D eigenvalue weighted by atomic mass is 10.2. The SMILES string of the molecule is O=C(NCCO)c1cn(-c2ccccc2)nc1-c1cccs1. The summed E-state index contributed by atoms with van der Waals surface area (Å²) in [5, 5.41) is 18.0. The molecule has 2 N–H and O–H groups in total. The maximum atomic E-state index is 12.3. The van der Waals surface area contributed by atoms with Gasteiger partial charge in [-0.25, -0.2) is 4.68 Å². The number of nitrogens with one attached hydrogen (secondary N) is 1. The largest absolute Gasteiger partial charge is 0.395 e. The van der Waals surface area contributed by atoms with Gasteiger partial charge in [0.1, 0.15) is 5.69 Å². The van der Waals surface area contributed by atoms with Crippen molar-refractivity contribution in [1.82, 2.24) is 15.1 Å². The average Bonchev–Trinajstić information content (AvgIpc) is 3.22. The maximum Gasteiger partial charge on any atom is 0.255 e. The molecular formula is C16H15N3O2S. The van der Waals surface area contributed by atoms with Gasteiger partial charge in [-0.15, -0.1) is 11.3 Å². The summed E-state index contributed by atoms with van der Waals surface area (Å²) in [5.74, 6) is -0.236. The Bertz CT molecular complexity index is 751. The van der Waals surface area contributed by atoms with E-state index in [-0.39, 0.29) is 19.1 Å². The second-order valence-electron chi connectivity index (χ2n) is 4.63. The van der Waals surface area contributed by atoms with E-state index in [1.807, 2.05) is 47.8 Å². The van der Waals surface area contributed by atoms with Crippen LogP contribution in [-0.4, -0.2) is 33.9 Å². The first-order valence-electron chi connectivity index (χ1n) is 6.87. The van der Waals surface area contributed by atoms with Gasteiger partial charge >= 0.3 is 0 Å². The van der Waals surface area contributed by atoms with E-state index in [0.29, 0.717) is 11.3 Å². The van der Waals surface area contributed by atoms with Crippen LogP contribution in [0.3, 0.4) is 0 Å². The van der Waals surface area contributed by atoms with Gasteiger partial charge in [-0.3, -0.25) is 4.79 Å². The molecule has 3 rings (SSSR count). The molecule has 112 valence electrons. The summed E-state index contributed by atoms with van der Waals surface area (Å²) >= 11 is 1.53. The Labute approximate surface area is 131 Å². The highest BCUT2D eigenvalue weighted by Crippen LogP contribution is 2.27. The summed E-state index contributed by atoms with van der Waals surface area (Å²) in [5.41, 5.74) is 2.04. The molecule has 1 amide bonds. The lowest BCUT2D eigenvalue weighted by Crippen LogP contribution is -2.26. The Balaban J connectivity index is 2.03. The van der Waals surface area contributed by atoms with Crippen molar-refractivity contribution < 1.29 is 9.90 Å². The standard InChI is InChI=1S/C16H15N3O2S/c20-9-8-17-16(21)13-11-19(12-5-2-1-3-6-12)18-15(13)14-7-4-10-22-14/h1-7,10-11,20H,8-9H2,(H,17,21). The number of nitrogens with zero attached hydrogens (tertiary/aromatic N) is 2. The smallest absolute Gasteiger partial charge is 0.255 e. The number of aliphatic hydroxyl groups is 1. The molecule has 0 unspecified atom stereocenters. The van der Waals surface area contributed by atoms with E-state index < -0.39 is 0 Å². The van der Waals surface area contributed by atoms with Crippen LogP contribution in [-0.2, 0) is 0 Å². The molecule has 22 heavy (non-hydrogen) atoms. The van der Waals surface area contributed by atoms with Crippen LogP contribution in [0.2, 0.25) is 0 Å². The van der Waals surface area contributed by atoms with Gasteiger partial charge in [0.15, 0.2) is 0 Å². The number of carbonyl (C=O) groups is 1. The summed E-state index contributed by atoms with van der Waals surface area (Å²) in [6.07, 6.45) is 1.72. The number of hydrogen-bond acceptors (Lipinski definition) is 4. The molecule has 0 fully saturated rings. The highest BCUT2D eigenvalue weighted by atomic mass is 32.1. The van der Waals surface area contributed by atoms with E-state index in [0.717, 1.165) is 10.6 Å². The van der Waals surface area contributed by atoms with Crippen molar-refractivity contribution in [1.29, 1.82) is 0 Å². The van der Waals surface area contributed by atoms with E-state index in [1.54, 1.807) is 10.9 Å². The lowest BCUT2D eigenvalue weighted by Gasteiger charge is -2.01. The highest BCUT2D eigenvalue weighted by molar-refractivity contribution is 7.13. The van der Waals surface area contributed by atoms with Crippen molar-refractivity contribution in [2.45, 2.75) is 0 Å². The molecule has 0 radical (unpaired) electrons. The maximum absolute atomic E-state index is 12.3. The number of benzene rings is 1. The topological polar surface area (TPSA) is 67.2 Å². The second kappa shape index (κ2) is 6.55. The van der Waals surface area contributed by atoms with Gasteiger partial charge in [-0.2, -0.15) is 5.10 Å². The summed E-state index contributed by atoms with van der Waals surface area (Å²) < 4.78 is 1.70. The Morgan fingerprint density at radius 1 is 1.23 bits per heavy atom. The monoisotopic (exact) mass is 313 g/mol. The number of amides is 1. The molecule has 6 heteroatoms. The average molecular weight is 313 g/mol. The molecule has 5 nitrogen and oxygen atoms in total. The van der Waals surface area contributed by atoms with Crippen molar-refractivity contribution in [2.75, 3.05) is 13.2 Å². The van der Waals surface area contributed by atoms with E-state index in [1.165, 1.54) is 11.3 Å². The summed E-state index contributed by atoms with van der Waals surface area (Å²) in [4.78, 5) is 13.2. The van der Waals surface area contributed by atoms with Gasteiger partial charge in [0.25, 0.3) is 5.91 Å². The van der Waals surface area contributed by atoms with Crippen LogP contribution in [0, 0.1) is 0 Å². The second-order valence-corrected chi connectivity index (χ2v) is 5.58. The van der Waals surface area contributed by atoms with Gasteiger partial charge in [-0.1, -0.05) is 24.3 Å². The summed E-state index contributed by atoms with van der Waals surface area (Å²) in [6, 6.07) is 13.5. The third kappa shape index (κ3) is 2.93. The number of carbonyl (C=O) groups excluding carboxylic acids is 1. The molecule has 0 saturated heterocycles. The lowest BCUT2D eigenvalue weighted by molar-refractivity contribution is 0.0945. The van der Waals surface area contributed by atoms with Crippen LogP contribution >= 0.6 is 11.3 Å². The first-order chi connectivity index (χ1) is 10.8. The minimum Gasteiger partial charge on any atom is -0.395 e. The van der Waals surface area contributed by atoms with Gasteiger partial charge in [0.05, 0.1) is 22.7 Å². The van der Waals surface area contributed by atoms with Gasteiger partial charge in [0, 0.05) is 12.7 Å². The predicted octanol–water partition coefficient (Wildman–Crippen LogP) is 2.32. The van der Waals surface area contributed by atoms with Gasteiger partial charge in [0.2, 0.25) is 0 Å². The summed E-state index contributed by atoms with van der Waals surface area (Å²) in [6.45, 7) is 0.131. The van der Waals surface area contributed by atoms with Gasteiger partial charge < -0.3 is 10.4 Å². The Kier molecular flexibility index (Phi) is 4.32. The van der Waals surface area contributed by atoms with Gasteiger partial charge in [-0.05, 0) is 23.6 Å². The predicted molar refractivity (Wildman–Crippen MR) is 86.3 cm³/mol. The Morgan fingerprint density at radius 3 is 2.73 bits per heavy atom. The fraction of sp³-hybridized carbons (Fsp3) is 0.125. The number of aliphatic hydroxyl groups excluding tert-OH is 1.